The van der Waals surface area contributed by atoms with Crippen molar-refractivity contribution >= 4 is 28.0 Å². The molecule has 0 aliphatic heterocycles. The Hall–Kier alpha value is -4.17. The lowest BCUT2D eigenvalue weighted by atomic mass is 10.1. The molecule has 37 heavy (non-hydrogen) atoms. The van der Waals surface area contributed by atoms with E-state index in [-0.39, 0.29) is 19.1 Å². The quantitative estimate of drug-likeness (QED) is 0.299. The molecule has 8 heteroatoms. The van der Waals surface area contributed by atoms with E-state index < -0.39 is 0 Å². The van der Waals surface area contributed by atoms with Gasteiger partial charge < -0.3 is 14.2 Å². The van der Waals surface area contributed by atoms with E-state index in [1.54, 1.807) is 21.3 Å². The fourth-order valence-electron chi connectivity index (χ4n) is 4.56. The number of benzene rings is 3. The molecule has 2 aromatic heterocycles. The minimum Gasteiger partial charge on any atom is -0.465 e. The third kappa shape index (κ3) is 5.06. The first kappa shape index (κ1) is 25.9. The fraction of sp³-hybridized carbons (Fsp3) is 0.276. The highest BCUT2D eigenvalue weighted by atomic mass is 16.5. The van der Waals surface area contributed by atoms with Crippen molar-refractivity contribution in [3.05, 3.63) is 100 Å². The molecule has 5 aromatic rings. The molecule has 0 fully saturated rings. The van der Waals surface area contributed by atoms with Crippen LogP contribution in [0.3, 0.4) is 0 Å². The topological polar surface area (TPSA) is 74.3 Å². The van der Waals surface area contributed by atoms with Crippen molar-refractivity contribution in [1.29, 1.82) is 0 Å². The normalized spacial score (nSPS) is 11.2. The van der Waals surface area contributed by atoms with Gasteiger partial charge >= 0.3 is 11.7 Å². The van der Waals surface area contributed by atoms with Crippen LogP contribution < -0.4 is 5.69 Å². The first-order chi connectivity index (χ1) is 17.5. The number of carbonyl (C=O) groups is 1. The van der Waals surface area contributed by atoms with E-state index in [0.29, 0.717) is 18.7 Å². The zero-order chi connectivity index (χ0) is 25.2. The highest BCUT2D eigenvalue weighted by molar-refractivity contribution is 5.89. The molecule has 0 bridgehead atoms. The zero-order valence-corrected chi connectivity index (χ0v) is 20.7. The third-order valence-corrected chi connectivity index (χ3v) is 6.44. The van der Waals surface area contributed by atoms with Gasteiger partial charge in [-0.2, -0.15) is 0 Å². The number of aromatic nitrogens is 4. The molecule has 0 atom stereocenters. The summed E-state index contributed by atoms with van der Waals surface area (Å²) in [6.45, 7) is 2.41. The maximum absolute atomic E-state index is 13.7. The number of fused-ring (bicyclic) bond motifs is 2. The number of carbonyl (C=O) groups excluding carboxylic acids is 1. The van der Waals surface area contributed by atoms with E-state index in [0.717, 1.165) is 46.5 Å². The summed E-state index contributed by atoms with van der Waals surface area (Å²) in [6.07, 6.45) is 0. The summed E-state index contributed by atoms with van der Waals surface area (Å²) in [7, 11) is 5.46. The predicted molar refractivity (Wildman–Crippen MR) is 147 cm³/mol. The molecule has 0 aliphatic rings. The Bertz CT molecular complexity index is 1590. The number of hydrogen-bond donors (Lipinski definition) is 0. The van der Waals surface area contributed by atoms with Crippen molar-refractivity contribution < 1.29 is 9.53 Å². The van der Waals surface area contributed by atoms with Gasteiger partial charge in [0.25, 0.3) is 0 Å². The van der Waals surface area contributed by atoms with Gasteiger partial charge in [0.15, 0.2) is 0 Å². The second-order valence-electron chi connectivity index (χ2n) is 9.10. The molecule has 5 rings (SSSR count). The van der Waals surface area contributed by atoms with Crippen LogP contribution in [-0.4, -0.2) is 57.3 Å². The molecular weight excluding hydrogens is 466 g/mol. The van der Waals surface area contributed by atoms with E-state index >= 15 is 0 Å². The number of hydrogen-bond acceptors (Lipinski definition) is 5. The van der Waals surface area contributed by atoms with Crippen LogP contribution in [0.5, 0.6) is 0 Å². The summed E-state index contributed by atoms with van der Waals surface area (Å²) >= 11 is 0. The molecule has 0 radical (unpaired) electrons. The molecule has 0 aliphatic carbocycles. The van der Waals surface area contributed by atoms with E-state index in [2.05, 4.69) is 29.6 Å². The molecule has 0 spiro atoms. The van der Waals surface area contributed by atoms with Crippen molar-refractivity contribution in [2.24, 2.45) is 0 Å². The van der Waals surface area contributed by atoms with Crippen LogP contribution in [0.25, 0.3) is 22.1 Å². The van der Waals surface area contributed by atoms with Gasteiger partial charge in [-0.3, -0.25) is 9.13 Å². The predicted octanol–water partition coefficient (Wildman–Crippen LogP) is 4.23. The Morgan fingerprint density at radius 3 is 2.05 bits per heavy atom. The van der Waals surface area contributed by atoms with Gasteiger partial charge in [0.05, 0.1) is 47.8 Å². The van der Waals surface area contributed by atoms with Crippen LogP contribution in [0.2, 0.25) is 0 Å². The third-order valence-electron chi connectivity index (χ3n) is 6.44. The molecule has 0 saturated heterocycles. The van der Waals surface area contributed by atoms with E-state index in [4.69, 9.17) is 9.72 Å². The molecule has 2 heterocycles. The lowest BCUT2D eigenvalue weighted by Gasteiger charge is -2.13. The lowest BCUT2D eigenvalue weighted by molar-refractivity contribution is 0.0600. The van der Waals surface area contributed by atoms with Gasteiger partial charge in [-0.05, 0) is 56.1 Å². The van der Waals surface area contributed by atoms with E-state index in [1.165, 1.54) is 7.11 Å². The molecule has 8 nitrogen and oxygen atoms in total. The van der Waals surface area contributed by atoms with Crippen molar-refractivity contribution in [2.75, 3.05) is 27.7 Å². The number of nitrogens with zero attached hydrogens (tertiary/aromatic N) is 5. The number of methoxy groups -OCH3 is 1. The molecule has 0 saturated carbocycles. The Morgan fingerprint density at radius 1 is 0.838 bits per heavy atom. The second kappa shape index (κ2) is 10.8. The highest BCUT2D eigenvalue weighted by Gasteiger charge is 2.18. The Balaban J connectivity index is 0.00000320. The van der Waals surface area contributed by atoms with Crippen LogP contribution in [0.4, 0.5) is 0 Å². The number of rotatable bonds is 8. The Kier molecular flexibility index (Phi) is 7.59. The largest absolute Gasteiger partial charge is 0.465 e. The van der Waals surface area contributed by atoms with Crippen LogP contribution in [-0.2, 0) is 24.4 Å². The number of para-hydroxylation sites is 4. The maximum atomic E-state index is 13.7. The Labute approximate surface area is 216 Å². The molecule has 0 amide bonds. The summed E-state index contributed by atoms with van der Waals surface area (Å²) in [5.41, 5.74) is 5.01. The minimum absolute atomic E-state index is 0. The van der Waals surface area contributed by atoms with Crippen LogP contribution >= 0.6 is 0 Å². The molecule has 0 N–H and O–H groups in total. The molecular formula is C29H33N5O3. The maximum Gasteiger partial charge on any atom is 0.337 e. The minimum atomic E-state index is -0.382. The van der Waals surface area contributed by atoms with Gasteiger partial charge in [-0.15, -0.1) is 0 Å². The van der Waals surface area contributed by atoms with Crippen LogP contribution in [0.1, 0.15) is 29.2 Å². The number of esters is 1. The van der Waals surface area contributed by atoms with Crippen molar-refractivity contribution in [2.45, 2.75) is 27.1 Å². The highest BCUT2D eigenvalue weighted by Crippen LogP contribution is 2.20. The number of ether oxygens (including phenoxy) is 1. The molecule has 0 unspecified atom stereocenters. The fourth-order valence-corrected chi connectivity index (χ4v) is 4.56. The van der Waals surface area contributed by atoms with Crippen LogP contribution in [0, 0.1) is 0 Å². The summed E-state index contributed by atoms with van der Waals surface area (Å²) in [4.78, 5) is 32.5. The monoisotopic (exact) mass is 499 g/mol. The van der Waals surface area contributed by atoms with Crippen LogP contribution in [0.15, 0.2) is 77.6 Å². The van der Waals surface area contributed by atoms with Crippen molar-refractivity contribution in [1.82, 2.24) is 23.6 Å². The zero-order valence-electron chi connectivity index (χ0n) is 20.7. The van der Waals surface area contributed by atoms with Gasteiger partial charge in [0.1, 0.15) is 5.82 Å². The number of likely N-dealkylation sites (N-methyl/N-ethyl adjacent to an activating group) is 1. The standard InChI is InChI=1S/C28H29N5O3.CH4/c1-30(2)16-17-31-23-9-5-4-8-22(23)29-26(31)19-33-25-11-7-6-10-24(25)32(28(33)35)18-20-12-14-21(15-13-20)27(34)36-3;/h4-15H,16-19H2,1-3H3;1H4. The molecule has 3 aromatic carbocycles. The average Bonchev–Trinajstić information content (AvgIpc) is 3.37. The summed E-state index contributed by atoms with van der Waals surface area (Å²) in [5.74, 6) is 0.470. The summed E-state index contributed by atoms with van der Waals surface area (Å²) < 4.78 is 10.6. The second-order valence-corrected chi connectivity index (χ2v) is 9.10. The SMILES string of the molecule is C.COC(=O)c1ccc(Cn2c(=O)n(Cc3nc4ccccc4n3CCN(C)C)c3ccccc32)cc1. The van der Waals surface area contributed by atoms with E-state index in [9.17, 15) is 9.59 Å². The van der Waals surface area contributed by atoms with E-state index in [1.807, 2.05) is 54.6 Å². The average molecular weight is 500 g/mol. The van der Waals surface area contributed by atoms with Gasteiger partial charge in [0.2, 0.25) is 0 Å². The molecule has 192 valence electrons. The first-order valence-corrected chi connectivity index (χ1v) is 11.9. The number of imidazole rings is 2. The smallest absolute Gasteiger partial charge is 0.337 e. The summed E-state index contributed by atoms with van der Waals surface area (Å²) in [6, 6.07) is 23.1. The lowest BCUT2D eigenvalue weighted by Crippen LogP contribution is -2.27. The summed E-state index contributed by atoms with van der Waals surface area (Å²) in [5, 5.41) is 0. The van der Waals surface area contributed by atoms with Gasteiger partial charge in [-0.1, -0.05) is 43.8 Å². The van der Waals surface area contributed by atoms with Crippen molar-refractivity contribution in [3.63, 3.8) is 0 Å². The van der Waals surface area contributed by atoms with Gasteiger partial charge in [0, 0.05) is 13.1 Å². The Morgan fingerprint density at radius 2 is 1.43 bits per heavy atom. The van der Waals surface area contributed by atoms with Gasteiger partial charge in [-0.25, -0.2) is 14.6 Å². The first-order valence-electron chi connectivity index (χ1n) is 11.9. The van der Waals surface area contributed by atoms with Crippen molar-refractivity contribution in [3.8, 4) is 0 Å².